The minimum atomic E-state index is -0.949. The SMILES string of the molecule is O=C(O)CCNC(=O)NCCc1cccc(O)c1. The smallest absolute Gasteiger partial charge is 0.314 e. The van der Waals surface area contributed by atoms with Gasteiger partial charge in [-0.25, -0.2) is 4.79 Å². The van der Waals surface area contributed by atoms with Crippen molar-refractivity contribution >= 4 is 12.0 Å². The van der Waals surface area contributed by atoms with Gasteiger partial charge in [0.25, 0.3) is 0 Å². The molecule has 4 N–H and O–H groups in total. The van der Waals surface area contributed by atoms with Crippen LogP contribution >= 0.6 is 0 Å². The summed E-state index contributed by atoms with van der Waals surface area (Å²) in [6.45, 7) is 0.523. The molecule has 1 rings (SSSR count). The van der Waals surface area contributed by atoms with Crippen molar-refractivity contribution in [2.24, 2.45) is 0 Å². The monoisotopic (exact) mass is 252 g/mol. The fourth-order valence-corrected chi connectivity index (χ4v) is 1.38. The normalized spacial score (nSPS) is 9.78. The summed E-state index contributed by atoms with van der Waals surface area (Å²) in [5, 5.41) is 22.6. The number of aliphatic carboxylic acids is 1. The first-order valence-corrected chi connectivity index (χ1v) is 5.59. The first kappa shape index (κ1) is 13.8. The quantitative estimate of drug-likeness (QED) is 0.599. The maximum Gasteiger partial charge on any atom is 0.314 e. The molecule has 0 aliphatic carbocycles. The molecular formula is C12H16N2O4. The number of hydrogen-bond donors (Lipinski definition) is 4. The highest BCUT2D eigenvalue weighted by atomic mass is 16.4. The number of amides is 2. The Kier molecular flexibility index (Phi) is 5.50. The third-order valence-electron chi connectivity index (χ3n) is 2.23. The van der Waals surface area contributed by atoms with E-state index >= 15 is 0 Å². The van der Waals surface area contributed by atoms with Gasteiger partial charge < -0.3 is 20.8 Å². The summed E-state index contributed by atoms with van der Waals surface area (Å²) in [7, 11) is 0. The van der Waals surface area contributed by atoms with Crippen LogP contribution in [0.25, 0.3) is 0 Å². The number of hydrogen-bond acceptors (Lipinski definition) is 3. The fraction of sp³-hybridized carbons (Fsp3) is 0.333. The maximum absolute atomic E-state index is 11.2. The molecule has 6 heteroatoms. The molecular weight excluding hydrogens is 236 g/mol. The van der Waals surface area contributed by atoms with Crippen molar-refractivity contribution in [1.82, 2.24) is 10.6 Å². The highest BCUT2D eigenvalue weighted by molar-refractivity contribution is 5.74. The molecule has 0 saturated carbocycles. The summed E-state index contributed by atoms with van der Waals surface area (Å²) < 4.78 is 0. The Morgan fingerprint density at radius 3 is 2.56 bits per heavy atom. The molecule has 18 heavy (non-hydrogen) atoms. The van der Waals surface area contributed by atoms with E-state index in [2.05, 4.69) is 10.6 Å². The van der Waals surface area contributed by atoms with Gasteiger partial charge in [0.05, 0.1) is 6.42 Å². The predicted molar refractivity (Wildman–Crippen MR) is 65.5 cm³/mol. The Morgan fingerprint density at radius 1 is 1.17 bits per heavy atom. The van der Waals surface area contributed by atoms with E-state index in [0.717, 1.165) is 5.56 Å². The van der Waals surface area contributed by atoms with Crippen molar-refractivity contribution in [3.8, 4) is 5.75 Å². The minimum Gasteiger partial charge on any atom is -0.508 e. The molecule has 98 valence electrons. The third-order valence-corrected chi connectivity index (χ3v) is 2.23. The molecule has 0 bridgehead atoms. The highest BCUT2D eigenvalue weighted by Gasteiger charge is 2.01. The van der Waals surface area contributed by atoms with Gasteiger partial charge in [-0.15, -0.1) is 0 Å². The summed E-state index contributed by atoms with van der Waals surface area (Å²) in [4.78, 5) is 21.4. The molecule has 0 fully saturated rings. The zero-order valence-corrected chi connectivity index (χ0v) is 9.85. The lowest BCUT2D eigenvalue weighted by atomic mass is 10.1. The fourth-order valence-electron chi connectivity index (χ4n) is 1.38. The zero-order chi connectivity index (χ0) is 13.4. The van der Waals surface area contributed by atoms with E-state index in [-0.39, 0.29) is 18.7 Å². The Bertz CT molecular complexity index is 420. The molecule has 0 radical (unpaired) electrons. The van der Waals surface area contributed by atoms with Crippen LogP contribution in [0.1, 0.15) is 12.0 Å². The van der Waals surface area contributed by atoms with Crippen LogP contribution < -0.4 is 10.6 Å². The highest BCUT2D eigenvalue weighted by Crippen LogP contribution is 2.10. The second-order valence-electron chi connectivity index (χ2n) is 3.75. The number of aromatic hydroxyl groups is 1. The van der Waals surface area contributed by atoms with Crippen molar-refractivity contribution in [3.05, 3.63) is 29.8 Å². The Balaban J connectivity index is 2.17. The number of carboxylic acid groups (broad SMARTS) is 1. The van der Waals surface area contributed by atoms with Crippen molar-refractivity contribution in [3.63, 3.8) is 0 Å². The molecule has 0 saturated heterocycles. The number of urea groups is 1. The number of carboxylic acids is 1. The van der Waals surface area contributed by atoms with E-state index in [9.17, 15) is 14.7 Å². The average molecular weight is 252 g/mol. The van der Waals surface area contributed by atoms with Crippen LogP contribution in [-0.2, 0) is 11.2 Å². The largest absolute Gasteiger partial charge is 0.508 e. The number of benzene rings is 1. The molecule has 1 aromatic carbocycles. The van der Waals surface area contributed by atoms with Crippen LogP contribution in [0.15, 0.2) is 24.3 Å². The molecule has 2 amide bonds. The van der Waals surface area contributed by atoms with E-state index < -0.39 is 12.0 Å². The van der Waals surface area contributed by atoms with Crippen LogP contribution in [0.2, 0.25) is 0 Å². The van der Waals surface area contributed by atoms with Gasteiger partial charge in [-0.2, -0.15) is 0 Å². The second kappa shape index (κ2) is 7.16. The Hall–Kier alpha value is -2.24. The molecule has 0 atom stereocenters. The molecule has 6 nitrogen and oxygen atoms in total. The van der Waals surface area contributed by atoms with Crippen LogP contribution in [-0.4, -0.2) is 35.3 Å². The number of carbonyl (C=O) groups is 2. The molecule has 1 aromatic rings. The van der Waals surface area contributed by atoms with Crippen LogP contribution in [0.3, 0.4) is 0 Å². The molecule has 0 aliphatic rings. The average Bonchev–Trinajstić information content (AvgIpc) is 2.28. The van der Waals surface area contributed by atoms with Crippen molar-refractivity contribution in [2.75, 3.05) is 13.1 Å². The lowest BCUT2D eigenvalue weighted by Gasteiger charge is -2.06. The summed E-state index contributed by atoms with van der Waals surface area (Å²) in [6.07, 6.45) is 0.501. The Labute approximate surface area is 105 Å². The van der Waals surface area contributed by atoms with Crippen LogP contribution in [0.4, 0.5) is 4.79 Å². The zero-order valence-electron chi connectivity index (χ0n) is 9.85. The van der Waals surface area contributed by atoms with Gasteiger partial charge in [-0.1, -0.05) is 12.1 Å². The molecule has 0 aliphatic heterocycles. The first-order valence-electron chi connectivity index (χ1n) is 5.59. The first-order chi connectivity index (χ1) is 8.58. The van der Waals surface area contributed by atoms with Gasteiger partial charge in [-0.05, 0) is 24.1 Å². The Morgan fingerprint density at radius 2 is 1.89 bits per heavy atom. The summed E-state index contributed by atoms with van der Waals surface area (Å²) in [5.41, 5.74) is 0.917. The summed E-state index contributed by atoms with van der Waals surface area (Å²) in [6, 6.07) is 6.40. The summed E-state index contributed by atoms with van der Waals surface area (Å²) >= 11 is 0. The van der Waals surface area contributed by atoms with Crippen molar-refractivity contribution < 1.29 is 19.8 Å². The number of phenols is 1. The van der Waals surface area contributed by atoms with Crippen LogP contribution in [0.5, 0.6) is 5.75 Å². The standard InChI is InChI=1S/C12H16N2O4/c15-10-3-1-2-9(8-10)4-6-13-12(18)14-7-5-11(16)17/h1-3,8,15H,4-7H2,(H,16,17)(H2,13,14,18). The number of rotatable bonds is 6. The maximum atomic E-state index is 11.2. The third kappa shape index (κ3) is 5.74. The van der Waals surface area contributed by atoms with Gasteiger partial charge in [0.1, 0.15) is 5.75 Å². The number of carbonyl (C=O) groups excluding carboxylic acids is 1. The number of phenolic OH excluding ortho intramolecular Hbond substituents is 1. The van der Waals surface area contributed by atoms with E-state index in [1.165, 1.54) is 0 Å². The molecule has 0 heterocycles. The topological polar surface area (TPSA) is 98.7 Å². The summed E-state index contributed by atoms with van der Waals surface area (Å²) in [5.74, 6) is -0.756. The minimum absolute atomic E-state index is 0.0972. The van der Waals surface area contributed by atoms with Gasteiger partial charge in [0, 0.05) is 13.1 Å². The molecule has 0 aromatic heterocycles. The van der Waals surface area contributed by atoms with Gasteiger partial charge in [0.2, 0.25) is 0 Å². The molecule has 0 unspecified atom stereocenters. The van der Waals surface area contributed by atoms with Crippen molar-refractivity contribution in [1.29, 1.82) is 0 Å². The van der Waals surface area contributed by atoms with Gasteiger partial charge in [-0.3, -0.25) is 4.79 Å². The van der Waals surface area contributed by atoms with E-state index in [4.69, 9.17) is 5.11 Å². The van der Waals surface area contributed by atoms with E-state index in [1.54, 1.807) is 18.2 Å². The van der Waals surface area contributed by atoms with Gasteiger partial charge >= 0.3 is 12.0 Å². The van der Waals surface area contributed by atoms with Crippen LogP contribution in [0, 0.1) is 0 Å². The lowest BCUT2D eigenvalue weighted by Crippen LogP contribution is -2.37. The van der Waals surface area contributed by atoms with Crippen molar-refractivity contribution in [2.45, 2.75) is 12.8 Å². The van der Waals surface area contributed by atoms with Gasteiger partial charge in [0.15, 0.2) is 0 Å². The number of nitrogens with one attached hydrogen (secondary N) is 2. The molecule has 0 spiro atoms. The van der Waals surface area contributed by atoms with E-state index in [0.29, 0.717) is 13.0 Å². The van der Waals surface area contributed by atoms with E-state index in [1.807, 2.05) is 6.07 Å². The predicted octanol–water partition coefficient (Wildman–Crippen LogP) is 0.709. The second-order valence-corrected chi connectivity index (χ2v) is 3.75. The lowest BCUT2D eigenvalue weighted by molar-refractivity contribution is -0.136.